The summed E-state index contributed by atoms with van der Waals surface area (Å²) in [6, 6.07) is 7.90. The monoisotopic (exact) mass is 452 g/mol. The number of carbonyl (C=O) groups excluding carboxylic acids is 1. The minimum absolute atomic E-state index is 0.0976. The zero-order valence-corrected chi connectivity index (χ0v) is 20.0. The van der Waals surface area contributed by atoms with Gasteiger partial charge in [-0.25, -0.2) is 9.97 Å². The fourth-order valence-corrected chi connectivity index (χ4v) is 4.61. The van der Waals surface area contributed by atoms with Crippen LogP contribution < -0.4 is 14.2 Å². The Morgan fingerprint density at radius 2 is 1.76 bits per heavy atom. The number of benzene rings is 1. The number of rotatable bonds is 7. The normalized spacial score (nSPS) is 14.7. The second-order valence-electron chi connectivity index (χ2n) is 8.66. The number of fused-ring (bicyclic) bond motifs is 1. The first-order valence-electron chi connectivity index (χ1n) is 11.4. The van der Waals surface area contributed by atoms with Crippen molar-refractivity contribution in [1.29, 1.82) is 0 Å². The summed E-state index contributed by atoms with van der Waals surface area (Å²) in [6.07, 6.45) is 3.86. The molecule has 1 fully saturated rings. The van der Waals surface area contributed by atoms with Crippen molar-refractivity contribution in [3.8, 4) is 17.2 Å². The Labute approximate surface area is 194 Å². The molecule has 0 N–H and O–H groups in total. The molecule has 1 aromatic carbocycles. The lowest BCUT2D eigenvalue weighted by atomic mass is 10.0. The van der Waals surface area contributed by atoms with Crippen LogP contribution in [0.15, 0.2) is 30.5 Å². The van der Waals surface area contributed by atoms with Crippen LogP contribution in [-0.2, 0) is 11.2 Å². The fourth-order valence-electron chi connectivity index (χ4n) is 4.61. The van der Waals surface area contributed by atoms with E-state index in [1.165, 1.54) is 0 Å². The van der Waals surface area contributed by atoms with Crippen molar-refractivity contribution in [2.75, 3.05) is 34.4 Å². The number of nitrogens with zero attached hydrogens (tertiary/aromatic N) is 4. The van der Waals surface area contributed by atoms with Gasteiger partial charge in [-0.2, -0.15) is 0 Å². The quantitative estimate of drug-likeness (QED) is 0.539. The third-order valence-electron chi connectivity index (χ3n) is 6.25. The van der Waals surface area contributed by atoms with Gasteiger partial charge in [0, 0.05) is 31.2 Å². The maximum Gasteiger partial charge on any atom is 0.226 e. The van der Waals surface area contributed by atoms with E-state index in [2.05, 4.69) is 23.4 Å². The molecule has 0 spiro atoms. The van der Waals surface area contributed by atoms with Gasteiger partial charge in [-0.15, -0.1) is 0 Å². The molecule has 0 saturated carbocycles. The van der Waals surface area contributed by atoms with Crippen molar-refractivity contribution in [1.82, 2.24) is 19.4 Å². The summed E-state index contributed by atoms with van der Waals surface area (Å²) in [6.45, 7) is 5.73. The predicted molar refractivity (Wildman–Crippen MR) is 126 cm³/mol. The molecule has 0 radical (unpaired) electrons. The van der Waals surface area contributed by atoms with Crippen LogP contribution in [0.3, 0.4) is 0 Å². The van der Waals surface area contributed by atoms with Crippen LogP contribution in [0.5, 0.6) is 17.2 Å². The highest BCUT2D eigenvalue weighted by Gasteiger charge is 2.28. The molecular formula is C25H32N4O4. The van der Waals surface area contributed by atoms with Gasteiger partial charge in [0.1, 0.15) is 11.3 Å². The number of hydrogen-bond acceptors (Lipinski definition) is 6. The average molecular weight is 453 g/mol. The van der Waals surface area contributed by atoms with Crippen molar-refractivity contribution in [3.63, 3.8) is 0 Å². The highest BCUT2D eigenvalue weighted by molar-refractivity contribution is 5.79. The summed E-state index contributed by atoms with van der Waals surface area (Å²) in [7, 11) is 4.72. The molecule has 33 heavy (non-hydrogen) atoms. The minimum atomic E-state index is 0.0976. The summed E-state index contributed by atoms with van der Waals surface area (Å²) >= 11 is 0. The number of amides is 1. The van der Waals surface area contributed by atoms with Crippen LogP contribution in [0.1, 0.15) is 50.0 Å². The van der Waals surface area contributed by atoms with Gasteiger partial charge in [-0.1, -0.05) is 13.8 Å². The van der Waals surface area contributed by atoms with Crippen LogP contribution in [0, 0.1) is 0 Å². The van der Waals surface area contributed by atoms with Crippen LogP contribution in [0.25, 0.3) is 11.2 Å². The van der Waals surface area contributed by atoms with Crippen LogP contribution in [-0.4, -0.2) is 59.8 Å². The smallest absolute Gasteiger partial charge is 0.226 e. The van der Waals surface area contributed by atoms with Crippen molar-refractivity contribution >= 4 is 17.1 Å². The van der Waals surface area contributed by atoms with E-state index in [4.69, 9.17) is 19.2 Å². The Bertz CT molecular complexity index is 1110. The Kier molecular flexibility index (Phi) is 6.72. The van der Waals surface area contributed by atoms with E-state index in [1.54, 1.807) is 21.3 Å². The molecule has 1 amide bonds. The molecule has 3 heterocycles. The molecule has 0 unspecified atom stereocenters. The van der Waals surface area contributed by atoms with Gasteiger partial charge in [-0.3, -0.25) is 4.79 Å². The fraction of sp³-hybridized carbons (Fsp3) is 0.480. The highest BCUT2D eigenvalue weighted by atomic mass is 16.5. The topological polar surface area (TPSA) is 78.7 Å². The number of carbonyl (C=O) groups is 1. The lowest BCUT2D eigenvalue weighted by Crippen LogP contribution is -2.40. The number of pyridine rings is 1. The molecule has 2 aromatic heterocycles. The second kappa shape index (κ2) is 9.68. The van der Waals surface area contributed by atoms with Crippen molar-refractivity contribution in [3.05, 3.63) is 41.9 Å². The Morgan fingerprint density at radius 3 is 2.33 bits per heavy atom. The molecule has 1 aliphatic heterocycles. The first-order valence-corrected chi connectivity index (χ1v) is 11.4. The first kappa shape index (κ1) is 22.9. The summed E-state index contributed by atoms with van der Waals surface area (Å²) in [5, 5.41) is 0. The number of likely N-dealkylation sites (tertiary alicyclic amines) is 1. The van der Waals surface area contributed by atoms with Crippen molar-refractivity contribution < 1.29 is 19.0 Å². The van der Waals surface area contributed by atoms with Gasteiger partial charge in [0.05, 0.1) is 27.8 Å². The van der Waals surface area contributed by atoms with E-state index >= 15 is 0 Å². The minimum Gasteiger partial charge on any atom is -0.493 e. The molecule has 3 aromatic rings. The maximum atomic E-state index is 13.1. The van der Waals surface area contributed by atoms with Gasteiger partial charge in [0.25, 0.3) is 0 Å². The number of hydrogen-bond donors (Lipinski definition) is 0. The largest absolute Gasteiger partial charge is 0.493 e. The molecular weight excluding hydrogens is 420 g/mol. The van der Waals surface area contributed by atoms with Gasteiger partial charge in [-0.05, 0) is 42.7 Å². The van der Waals surface area contributed by atoms with E-state index in [1.807, 2.05) is 35.4 Å². The zero-order chi connectivity index (χ0) is 23.5. The molecule has 1 aliphatic rings. The Hall–Kier alpha value is -3.29. The average Bonchev–Trinajstić information content (AvgIpc) is 3.23. The molecule has 1 saturated heterocycles. The summed E-state index contributed by atoms with van der Waals surface area (Å²) in [5.74, 6) is 3.10. The third kappa shape index (κ3) is 4.47. The summed E-state index contributed by atoms with van der Waals surface area (Å²) in [5.41, 5.74) is 2.70. The lowest BCUT2D eigenvalue weighted by Gasteiger charge is -2.34. The number of ether oxygens (including phenoxy) is 3. The van der Waals surface area contributed by atoms with Crippen molar-refractivity contribution in [2.45, 2.75) is 45.1 Å². The van der Waals surface area contributed by atoms with E-state index in [9.17, 15) is 4.79 Å². The van der Waals surface area contributed by atoms with E-state index < -0.39 is 0 Å². The molecule has 8 nitrogen and oxygen atoms in total. The number of imidazole rings is 1. The molecule has 176 valence electrons. The van der Waals surface area contributed by atoms with Crippen LogP contribution >= 0.6 is 0 Å². The van der Waals surface area contributed by atoms with Gasteiger partial charge in [0.2, 0.25) is 11.7 Å². The number of aromatic nitrogens is 3. The molecule has 0 aliphatic carbocycles. The summed E-state index contributed by atoms with van der Waals surface area (Å²) < 4.78 is 18.5. The molecule has 0 bridgehead atoms. The first-order chi connectivity index (χ1) is 16.0. The van der Waals surface area contributed by atoms with E-state index in [0.29, 0.717) is 36.3 Å². The zero-order valence-electron chi connectivity index (χ0n) is 20.0. The van der Waals surface area contributed by atoms with Crippen LogP contribution in [0.4, 0.5) is 0 Å². The Morgan fingerprint density at radius 1 is 1.09 bits per heavy atom. The molecule has 4 rings (SSSR count). The molecule has 0 atom stereocenters. The lowest BCUT2D eigenvalue weighted by molar-refractivity contribution is -0.131. The number of piperidine rings is 1. The van der Waals surface area contributed by atoms with Crippen molar-refractivity contribution in [2.24, 2.45) is 0 Å². The van der Waals surface area contributed by atoms with E-state index in [-0.39, 0.29) is 18.4 Å². The maximum absolute atomic E-state index is 13.1. The standard InChI is InChI=1S/C25H32N4O4/c1-16(2)24-27-19-7-6-10-26-25(19)29(24)18-8-11-28(12-9-18)22(30)15-17-13-20(31-3)23(33-5)21(14-17)32-4/h6-7,10,13-14,16,18H,8-9,11-12,15H2,1-5H3. The predicted octanol–water partition coefficient (Wildman–Crippen LogP) is 3.99. The SMILES string of the molecule is COc1cc(CC(=O)N2CCC(n3c(C(C)C)nc4cccnc43)CC2)cc(OC)c1OC. The second-order valence-corrected chi connectivity index (χ2v) is 8.66. The Balaban J connectivity index is 1.48. The highest BCUT2D eigenvalue weighted by Crippen LogP contribution is 2.38. The number of methoxy groups -OCH3 is 3. The van der Waals surface area contributed by atoms with Crippen LogP contribution in [0.2, 0.25) is 0 Å². The van der Waals surface area contributed by atoms with Gasteiger partial charge >= 0.3 is 0 Å². The van der Waals surface area contributed by atoms with Gasteiger partial charge < -0.3 is 23.7 Å². The summed E-state index contributed by atoms with van der Waals surface area (Å²) in [4.78, 5) is 24.5. The third-order valence-corrected chi connectivity index (χ3v) is 6.25. The van der Waals surface area contributed by atoms with Gasteiger partial charge in [0.15, 0.2) is 17.1 Å². The molecule has 8 heteroatoms. The van der Waals surface area contributed by atoms with E-state index in [0.717, 1.165) is 35.4 Å².